The Kier molecular flexibility index (Phi) is 16.6. The number of aliphatic hydroxyl groups excluding tert-OH is 2. The predicted octanol–water partition coefficient (Wildman–Crippen LogP) is 10.4. The molecule has 0 aliphatic carbocycles. The second-order valence-electron chi connectivity index (χ2n) is 19.4. The topological polar surface area (TPSA) is 189 Å². The number of hydrogen-bond donors (Lipinski definition) is 4. The molecule has 12 rings (SSSR count). The SMILES string of the molecule is CC[C@H]1O[C@@H](n2cnc3c(NC(c4ccccc4)(c4ccccc4)c4ccccc4)ncnc32)C(O)[C@H]1O.CC[C@H]1O[C@@H](n2cnc3c(NC(c4ccccc4)(c4ccccc4)c4ccccc4)ncnc32)C(OC)[C@H]1OC.[2H]CF. The van der Waals surface area contributed by atoms with Crippen molar-refractivity contribution in [3.63, 3.8) is 0 Å². The number of fused-ring (bicyclic) bond motifs is 2. The van der Waals surface area contributed by atoms with E-state index in [2.05, 4.69) is 147 Å². The molecule has 6 aromatic carbocycles. The molecule has 80 heavy (non-hydrogen) atoms. The average Bonchev–Trinajstić information content (AvgIpc) is 4.52. The van der Waals surface area contributed by atoms with Gasteiger partial charge in [0.05, 0.1) is 33.4 Å². The summed E-state index contributed by atoms with van der Waals surface area (Å²) < 4.78 is 43.1. The second-order valence-corrected chi connectivity index (χ2v) is 19.4. The Balaban J connectivity index is 0.000000174. The first kappa shape index (κ1) is 53.7. The summed E-state index contributed by atoms with van der Waals surface area (Å²) in [7, 11) is 2.37. The molecule has 410 valence electrons. The van der Waals surface area contributed by atoms with Gasteiger partial charge in [-0.1, -0.05) is 196 Å². The molecule has 0 bridgehead atoms. The van der Waals surface area contributed by atoms with E-state index in [9.17, 15) is 14.6 Å². The summed E-state index contributed by atoms with van der Waals surface area (Å²) >= 11 is 0. The van der Waals surface area contributed by atoms with Crippen LogP contribution in [0.25, 0.3) is 22.3 Å². The third-order valence-electron chi connectivity index (χ3n) is 15.1. The van der Waals surface area contributed by atoms with Gasteiger partial charge in [-0.15, -0.1) is 0 Å². The molecule has 0 saturated carbocycles. The highest BCUT2D eigenvalue weighted by Gasteiger charge is 2.47. The van der Waals surface area contributed by atoms with Crippen LogP contribution in [0.2, 0.25) is 0 Å². The molecule has 2 fully saturated rings. The van der Waals surface area contributed by atoms with Gasteiger partial charge in [-0.2, -0.15) is 0 Å². The van der Waals surface area contributed by atoms with Crippen molar-refractivity contribution >= 4 is 34.0 Å². The zero-order valence-electron chi connectivity index (χ0n) is 45.9. The number of aliphatic hydroxyl groups is 2. The van der Waals surface area contributed by atoms with E-state index >= 15 is 0 Å². The Hall–Kier alpha value is -8.29. The zero-order valence-corrected chi connectivity index (χ0v) is 44.9. The van der Waals surface area contributed by atoms with Gasteiger partial charge in [-0.25, -0.2) is 29.9 Å². The molecule has 0 radical (unpaired) electrons. The van der Waals surface area contributed by atoms with Crippen LogP contribution in [0.4, 0.5) is 16.0 Å². The van der Waals surface area contributed by atoms with E-state index in [1.165, 1.54) is 6.33 Å². The Labute approximate surface area is 465 Å². The molecule has 2 saturated heterocycles. The molecular weight excluding hydrogens is 1010 g/mol. The number of anilines is 2. The number of nitrogens with one attached hydrogen (secondary N) is 2. The Morgan fingerprint density at radius 3 is 1.12 bits per heavy atom. The number of ether oxygens (including phenoxy) is 4. The summed E-state index contributed by atoms with van der Waals surface area (Å²) in [5.74, 6) is 1.15. The fraction of sp³-hybridized carbons (Fsp3) is 0.270. The van der Waals surface area contributed by atoms with Crippen LogP contribution in [0.15, 0.2) is 207 Å². The smallest absolute Gasteiger partial charge is 0.167 e. The van der Waals surface area contributed by atoms with Crippen LogP contribution in [0, 0.1) is 0 Å². The highest BCUT2D eigenvalue weighted by atomic mass is 19.1. The van der Waals surface area contributed by atoms with Crippen LogP contribution >= 0.6 is 0 Å². The number of nitrogens with zero attached hydrogens (tertiary/aromatic N) is 8. The van der Waals surface area contributed by atoms with E-state index in [-0.39, 0.29) is 18.3 Å². The van der Waals surface area contributed by atoms with Crippen molar-refractivity contribution in [2.24, 2.45) is 0 Å². The van der Waals surface area contributed by atoms with Gasteiger partial charge in [-0.05, 0) is 46.2 Å². The summed E-state index contributed by atoms with van der Waals surface area (Å²) in [6.45, 7) is 3.99. The highest BCUT2D eigenvalue weighted by molar-refractivity contribution is 5.85. The molecule has 2 aliphatic rings. The van der Waals surface area contributed by atoms with Gasteiger partial charge in [-0.3, -0.25) is 13.5 Å². The standard InChI is InChI=1S/C32H33N5O3.C30H29N5O3.CH3F/c1-4-25-27(38-2)28(39-3)31(40-25)37-21-35-26-29(33-20-34-30(26)37)36-32(22-14-8-5-9-15-22,23-16-10-6-11-17-23)24-18-12-7-13-19-24;1-2-23-25(36)26(37)29(38-23)35-19-33-24-27(31-18-32-28(24)35)34-30(20-12-6-3-7-13-20,21-14-8-4-9-15-21)22-16-10-5-11-17-22;1-2/h5-21,25,27-28,31H,4H2,1-3H3,(H,33,34,36);3-19,23,25-26,29,36-37H,2H2,1H3,(H,31,32,34);1H3/t25-,27+,28?,31-;23-,25+,26?,29-;/m11./s1/i;;1D. The number of methoxy groups -OCH3 is 2. The van der Waals surface area contributed by atoms with Crippen LogP contribution < -0.4 is 10.6 Å². The van der Waals surface area contributed by atoms with Gasteiger partial charge in [0.1, 0.15) is 48.1 Å². The highest BCUT2D eigenvalue weighted by Crippen LogP contribution is 2.44. The quantitative estimate of drug-likeness (QED) is 0.0669. The van der Waals surface area contributed by atoms with Gasteiger partial charge >= 0.3 is 0 Å². The van der Waals surface area contributed by atoms with Gasteiger partial charge < -0.3 is 39.8 Å². The van der Waals surface area contributed by atoms with Gasteiger partial charge in [0.2, 0.25) is 0 Å². The summed E-state index contributed by atoms with van der Waals surface area (Å²) in [4.78, 5) is 27.9. The molecule has 16 nitrogen and oxygen atoms in total. The van der Waals surface area contributed by atoms with Crippen molar-refractivity contribution < 1.29 is 34.9 Å². The van der Waals surface area contributed by atoms with E-state index in [1.54, 1.807) is 37.8 Å². The molecule has 0 amide bonds. The van der Waals surface area contributed by atoms with Crippen molar-refractivity contribution in [2.75, 3.05) is 32.0 Å². The number of halogens is 1. The molecule has 17 heteroatoms. The lowest BCUT2D eigenvalue weighted by molar-refractivity contribution is -0.0517. The molecule has 4 N–H and O–H groups in total. The average molecular weight is 1080 g/mol. The summed E-state index contributed by atoms with van der Waals surface area (Å²) in [5.41, 5.74) is 7.11. The minimum atomic E-state index is -1.10. The van der Waals surface area contributed by atoms with Gasteiger partial charge in [0, 0.05) is 14.2 Å². The normalized spacial score (nSPS) is 21.0. The first-order valence-electron chi connectivity index (χ1n) is 27.3. The minimum Gasteiger partial charge on any atom is -0.388 e. The van der Waals surface area contributed by atoms with Crippen LogP contribution in [0.1, 0.15) is 73.9 Å². The molecule has 4 aromatic heterocycles. The van der Waals surface area contributed by atoms with Crippen molar-refractivity contribution in [2.45, 2.75) is 86.8 Å². The number of imidazole rings is 2. The lowest BCUT2D eigenvalue weighted by Gasteiger charge is -2.37. The summed E-state index contributed by atoms with van der Waals surface area (Å²) in [6, 6.07) is 61.9. The van der Waals surface area contributed by atoms with Gasteiger partial charge in [0.25, 0.3) is 0 Å². The van der Waals surface area contributed by atoms with Crippen LogP contribution in [0.3, 0.4) is 0 Å². The third kappa shape index (κ3) is 10.2. The number of rotatable bonds is 16. The van der Waals surface area contributed by atoms with Crippen molar-refractivity contribution in [1.82, 2.24) is 39.0 Å². The molecular formula is C63H65FN10O6. The number of alkyl halides is 1. The van der Waals surface area contributed by atoms with Crippen molar-refractivity contribution in [3.8, 4) is 0 Å². The van der Waals surface area contributed by atoms with E-state index < -0.39 is 49.0 Å². The maximum atomic E-state index is 10.7. The van der Waals surface area contributed by atoms with E-state index in [0.29, 0.717) is 40.4 Å². The third-order valence-corrected chi connectivity index (χ3v) is 15.1. The van der Waals surface area contributed by atoms with E-state index in [4.69, 9.17) is 30.3 Å². The number of benzene rings is 6. The molecule has 2 aliphatic heterocycles. The van der Waals surface area contributed by atoms with Crippen LogP contribution in [-0.2, 0) is 30.0 Å². The number of hydrogen-bond acceptors (Lipinski definition) is 14. The largest absolute Gasteiger partial charge is 0.388 e. The van der Waals surface area contributed by atoms with Gasteiger partial charge in [0.15, 0.2) is 46.4 Å². The van der Waals surface area contributed by atoms with Crippen molar-refractivity contribution in [1.29, 1.82) is 0 Å². The van der Waals surface area contributed by atoms with E-state index in [1.807, 2.05) is 84.3 Å². The monoisotopic (exact) mass is 1080 g/mol. The fourth-order valence-electron chi connectivity index (χ4n) is 11.3. The van der Waals surface area contributed by atoms with Crippen molar-refractivity contribution in [3.05, 3.63) is 241 Å². The first-order chi connectivity index (χ1) is 39.8. The molecule has 8 atom stereocenters. The second kappa shape index (κ2) is 24.8. The van der Waals surface area contributed by atoms with E-state index in [0.717, 1.165) is 39.8 Å². The Morgan fingerprint density at radius 2 is 0.812 bits per heavy atom. The Bertz CT molecular complexity index is 3370. The molecule has 0 spiro atoms. The number of aromatic nitrogens is 8. The summed E-state index contributed by atoms with van der Waals surface area (Å²) in [6.07, 6.45) is 3.37. The maximum Gasteiger partial charge on any atom is 0.167 e. The molecule has 2 unspecified atom stereocenters. The van der Waals surface area contributed by atoms with Crippen LogP contribution in [-0.4, -0.2) is 107 Å². The molecule has 10 aromatic rings. The van der Waals surface area contributed by atoms with Crippen LogP contribution in [0.5, 0.6) is 0 Å². The predicted molar refractivity (Wildman–Crippen MR) is 305 cm³/mol. The minimum absolute atomic E-state index is 0.0984. The summed E-state index contributed by atoms with van der Waals surface area (Å²) in [5, 5.41) is 28.7. The first-order valence-corrected chi connectivity index (χ1v) is 26.6. The fourth-order valence-corrected chi connectivity index (χ4v) is 11.3. The zero-order chi connectivity index (χ0) is 56.3. The lowest BCUT2D eigenvalue weighted by atomic mass is 9.77. The lowest BCUT2D eigenvalue weighted by Crippen LogP contribution is -2.38. The molecule has 6 heterocycles. The Morgan fingerprint density at radius 1 is 0.487 bits per heavy atom. The maximum absolute atomic E-state index is 10.7.